The lowest BCUT2D eigenvalue weighted by Crippen LogP contribution is -2.39. The fourth-order valence-corrected chi connectivity index (χ4v) is 4.74. The number of fused-ring (bicyclic) bond motifs is 2. The van der Waals surface area contributed by atoms with Gasteiger partial charge in [-0.15, -0.1) is 0 Å². The minimum Gasteiger partial charge on any atom is -0.381 e. The van der Waals surface area contributed by atoms with Crippen LogP contribution in [0.25, 0.3) is 0 Å². The Hall–Kier alpha value is -0.0400. The minimum absolute atomic E-state index is 0.395. The lowest BCUT2D eigenvalue weighted by atomic mass is 9.60. The van der Waals surface area contributed by atoms with Crippen molar-refractivity contribution in [1.29, 1.82) is 0 Å². The lowest BCUT2D eigenvalue weighted by molar-refractivity contribution is -0.0204. The Bertz CT molecular complexity index is 269. The van der Waals surface area contributed by atoms with Gasteiger partial charge in [0.05, 0.1) is 6.10 Å². The molecule has 1 nitrogen and oxygen atoms in total. The average molecular weight is 210 g/mol. The summed E-state index contributed by atoms with van der Waals surface area (Å²) in [5.41, 5.74) is 1.34. The fourth-order valence-electron chi connectivity index (χ4n) is 4.74. The highest BCUT2D eigenvalue weighted by molar-refractivity contribution is 5.19. The van der Waals surface area contributed by atoms with Crippen molar-refractivity contribution in [2.45, 2.75) is 60.0 Å². The molecule has 2 aliphatic carbocycles. The molecule has 0 N–H and O–H groups in total. The van der Waals surface area contributed by atoms with Gasteiger partial charge in [0, 0.05) is 7.11 Å². The van der Waals surface area contributed by atoms with E-state index in [4.69, 9.17) is 4.74 Å². The molecule has 0 aliphatic heterocycles. The SMILES string of the molecule is COC1CC2(C(C)C)CCC1(C)C2(C)C. The van der Waals surface area contributed by atoms with E-state index in [-0.39, 0.29) is 0 Å². The number of hydrogen-bond acceptors (Lipinski definition) is 1. The quantitative estimate of drug-likeness (QED) is 0.672. The third-order valence-corrected chi connectivity index (χ3v) is 6.41. The summed E-state index contributed by atoms with van der Waals surface area (Å²) >= 11 is 0. The van der Waals surface area contributed by atoms with Gasteiger partial charge in [-0.2, -0.15) is 0 Å². The zero-order chi connectivity index (χ0) is 11.5. The predicted octanol–water partition coefficient (Wildman–Crippen LogP) is 3.87. The van der Waals surface area contributed by atoms with Crippen LogP contribution in [-0.4, -0.2) is 13.2 Å². The molecule has 2 bridgehead atoms. The molecule has 0 aromatic rings. The Kier molecular flexibility index (Phi) is 2.29. The van der Waals surface area contributed by atoms with Gasteiger partial charge in [0.2, 0.25) is 0 Å². The highest BCUT2D eigenvalue weighted by Crippen LogP contribution is 2.74. The zero-order valence-electron chi connectivity index (χ0n) is 11.2. The molecule has 15 heavy (non-hydrogen) atoms. The van der Waals surface area contributed by atoms with Crippen LogP contribution in [0.15, 0.2) is 0 Å². The van der Waals surface area contributed by atoms with Crippen LogP contribution in [-0.2, 0) is 4.74 Å². The van der Waals surface area contributed by atoms with Gasteiger partial charge in [0.25, 0.3) is 0 Å². The molecule has 0 spiro atoms. The molecular weight excluding hydrogens is 184 g/mol. The topological polar surface area (TPSA) is 9.23 Å². The molecule has 1 heteroatoms. The van der Waals surface area contributed by atoms with Crippen molar-refractivity contribution < 1.29 is 4.74 Å². The first-order valence-electron chi connectivity index (χ1n) is 6.34. The molecule has 2 fully saturated rings. The maximum absolute atomic E-state index is 5.76. The first-order valence-corrected chi connectivity index (χ1v) is 6.34. The summed E-state index contributed by atoms with van der Waals surface area (Å²) in [4.78, 5) is 0. The second kappa shape index (κ2) is 3.00. The van der Waals surface area contributed by atoms with Gasteiger partial charge in [0.1, 0.15) is 0 Å². The molecule has 3 unspecified atom stereocenters. The molecule has 2 rings (SSSR count). The van der Waals surface area contributed by atoms with Crippen molar-refractivity contribution in [1.82, 2.24) is 0 Å². The van der Waals surface area contributed by atoms with E-state index in [9.17, 15) is 0 Å². The maximum Gasteiger partial charge on any atom is 0.0635 e. The lowest BCUT2D eigenvalue weighted by Gasteiger charge is -2.44. The number of methoxy groups -OCH3 is 1. The van der Waals surface area contributed by atoms with E-state index in [2.05, 4.69) is 34.6 Å². The fraction of sp³-hybridized carbons (Fsp3) is 1.00. The third-order valence-electron chi connectivity index (χ3n) is 6.41. The van der Waals surface area contributed by atoms with Crippen LogP contribution in [0.2, 0.25) is 0 Å². The molecule has 2 saturated carbocycles. The van der Waals surface area contributed by atoms with Crippen LogP contribution in [0.1, 0.15) is 53.9 Å². The molecule has 3 atom stereocenters. The molecule has 0 saturated heterocycles. The van der Waals surface area contributed by atoms with Gasteiger partial charge < -0.3 is 4.74 Å². The van der Waals surface area contributed by atoms with Gasteiger partial charge in [-0.3, -0.25) is 0 Å². The molecular formula is C14H26O. The molecule has 0 radical (unpaired) electrons. The van der Waals surface area contributed by atoms with Crippen molar-refractivity contribution in [2.75, 3.05) is 7.11 Å². The Morgan fingerprint density at radius 1 is 1.13 bits per heavy atom. The van der Waals surface area contributed by atoms with Crippen molar-refractivity contribution in [3.63, 3.8) is 0 Å². The summed E-state index contributed by atoms with van der Waals surface area (Å²) in [5.74, 6) is 0.773. The van der Waals surface area contributed by atoms with Crippen LogP contribution < -0.4 is 0 Å². The molecule has 0 heterocycles. The van der Waals surface area contributed by atoms with E-state index in [0.29, 0.717) is 22.3 Å². The van der Waals surface area contributed by atoms with Crippen LogP contribution >= 0.6 is 0 Å². The van der Waals surface area contributed by atoms with Crippen LogP contribution in [0.4, 0.5) is 0 Å². The molecule has 0 aromatic carbocycles. The van der Waals surface area contributed by atoms with E-state index in [1.54, 1.807) is 0 Å². The first kappa shape index (κ1) is 11.4. The second-order valence-electron chi connectivity index (χ2n) is 6.78. The number of hydrogen-bond donors (Lipinski definition) is 0. The third kappa shape index (κ3) is 1.03. The van der Waals surface area contributed by atoms with E-state index in [1.807, 2.05) is 7.11 Å². The largest absolute Gasteiger partial charge is 0.381 e. The van der Waals surface area contributed by atoms with Gasteiger partial charge in [-0.1, -0.05) is 34.6 Å². The van der Waals surface area contributed by atoms with Crippen LogP contribution in [0.3, 0.4) is 0 Å². The minimum atomic E-state index is 0.395. The van der Waals surface area contributed by atoms with Crippen molar-refractivity contribution in [2.24, 2.45) is 22.2 Å². The molecule has 2 aliphatic rings. The summed E-state index contributed by atoms with van der Waals surface area (Å²) in [7, 11) is 1.89. The van der Waals surface area contributed by atoms with E-state index < -0.39 is 0 Å². The van der Waals surface area contributed by atoms with Crippen molar-refractivity contribution >= 4 is 0 Å². The number of rotatable bonds is 2. The Balaban J connectivity index is 2.46. The van der Waals surface area contributed by atoms with Crippen molar-refractivity contribution in [3.05, 3.63) is 0 Å². The van der Waals surface area contributed by atoms with Gasteiger partial charge in [-0.25, -0.2) is 0 Å². The zero-order valence-corrected chi connectivity index (χ0v) is 11.2. The monoisotopic (exact) mass is 210 g/mol. The molecule has 0 aromatic heterocycles. The van der Waals surface area contributed by atoms with Gasteiger partial charge >= 0.3 is 0 Å². The van der Waals surface area contributed by atoms with Crippen LogP contribution in [0, 0.1) is 22.2 Å². The number of ether oxygens (including phenoxy) is 1. The van der Waals surface area contributed by atoms with Crippen molar-refractivity contribution in [3.8, 4) is 0 Å². The van der Waals surface area contributed by atoms with E-state index >= 15 is 0 Å². The Labute approximate surface area is 94.6 Å². The predicted molar refractivity (Wildman–Crippen MR) is 63.8 cm³/mol. The standard InChI is InChI=1S/C14H26O/c1-10(2)14-8-7-13(5,12(14,3)4)11(9-14)15-6/h10-11H,7-9H2,1-6H3. The summed E-state index contributed by atoms with van der Waals surface area (Å²) in [6.07, 6.45) is 4.48. The summed E-state index contributed by atoms with van der Waals surface area (Å²) in [6.45, 7) is 12.2. The Morgan fingerprint density at radius 2 is 1.73 bits per heavy atom. The highest BCUT2D eigenvalue weighted by Gasteiger charge is 2.70. The maximum atomic E-state index is 5.76. The summed E-state index contributed by atoms with van der Waals surface area (Å²) in [5, 5.41) is 0. The normalized spacial score (nSPS) is 47.8. The second-order valence-corrected chi connectivity index (χ2v) is 6.78. The summed E-state index contributed by atoms with van der Waals surface area (Å²) < 4.78 is 5.76. The van der Waals surface area contributed by atoms with E-state index in [0.717, 1.165) is 5.92 Å². The highest BCUT2D eigenvalue weighted by atomic mass is 16.5. The molecule has 88 valence electrons. The van der Waals surface area contributed by atoms with Crippen LogP contribution in [0.5, 0.6) is 0 Å². The van der Waals surface area contributed by atoms with Gasteiger partial charge in [0.15, 0.2) is 0 Å². The summed E-state index contributed by atoms with van der Waals surface area (Å²) in [6, 6.07) is 0. The van der Waals surface area contributed by atoms with E-state index in [1.165, 1.54) is 19.3 Å². The molecule has 0 amide bonds. The smallest absolute Gasteiger partial charge is 0.0635 e. The first-order chi connectivity index (χ1) is 6.82. The average Bonchev–Trinajstić information content (AvgIpc) is 2.46. The van der Waals surface area contributed by atoms with Gasteiger partial charge in [-0.05, 0) is 41.4 Å². The Morgan fingerprint density at radius 3 is 2.07 bits per heavy atom.